The van der Waals surface area contributed by atoms with Gasteiger partial charge >= 0.3 is 0 Å². The van der Waals surface area contributed by atoms with Crippen LogP contribution in [-0.4, -0.2) is 6.04 Å². The van der Waals surface area contributed by atoms with Crippen LogP contribution in [0, 0.1) is 0 Å². The van der Waals surface area contributed by atoms with Crippen molar-refractivity contribution in [2.75, 3.05) is 0 Å². The molecule has 0 atom stereocenters. The van der Waals surface area contributed by atoms with Crippen molar-refractivity contribution >= 4 is 10.8 Å². The molecule has 2 aromatic rings. The highest BCUT2D eigenvalue weighted by Gasteiger charge is 2.26. The minimum Gasteiger partial charge on any atom is -0.328 e. The van der Waals surface area contributed by atoms with Gasteiger partial charge in [0.2, 0.25) is 0 Å². The number of benzene rings is 2. The quantitative estimate of drug-likeness (QED) is 0.747. The maximum absolute atomic E-state index is 5.82. The second-order valence-corrected chi connectivity index (χ2v) is 4.53. The summed E-state index contributed by atoms with van der Waals surface area (Å²) < 4.78 is 0. The third-order valence-electron chi connectivity index (χ3n) is 3.42. The fourth-order valence-electron chi connectivity index (χ4n) is 2.40. The minimum absolute atomic E-state index is 0.432. The van der Waals surface area contributed by atoms with Crippen molar-refractivity contribution in [2.45, 2.75) is 24.8 Å². The highest BCUT2D eigenvalue weighted by molar-refractivity contribution is 5.83. The van der Waals surface area contributed by atoms with Crippen molar-refractivity contribution < 1.29 is 0 Å². The summed E-state index contributed by atoms with van der Waals surface area (Å²) in [6, 6.07) is 15.7. The SMILES string of the molecule is NC1CC(c2ccc3ccccc3c2)C1. The van der Waals surface area contributed by atoms with Crippen LogP contribution in [-0.2, 0) is 0 Å². The van der Waals surface area contributed by atoms with Gasteiger partial charge in [0.25, 0.3) is 0 Å². The molecule has 0 aromatic heterocycles. The van der Waals surface area contributed by atoms with Crippen LogP contribution in [0.3, 0.4) is 0 Å². The molecule has 0 heterocycles. The van der Waals surface area contributed by atoms with Gasteiger partial charge in [-0.25, -0.2) is 0 Å². The Kier molecular flexibility index (Phi) is 2.00. The van der Waals surface area contributed by atoms with E-state index in [9.17, 15) is 0 Å². The predicted molar refractivity (Wildman–Crippen MR) is 63.9 cm³/mol. The minimum atomic E-state index is 0.432. The smallest absolute Gasteiger partial charge is 0.00504 e. The number of rotatable bonds is 1. The van der Waals surface area contributed by atoms with E-state index in [-0.39, 0.29) is 0 Å². The van der Waals surface area contributed by atoms with Gasteiger partial charge in [-0.15, -0.1) is 0 Å². The maximum Gasteiger partial charge on any atom is 0.00504 e. The largest absolute Gasteiger partial charge is 0.328 e. The standard InChI is InChI=1S/C14H15N/c15-14-8-13(9-14)12-6-5-10-3-1-2-4-11(10)7-12/h1-7,13-14H,8-9,15H2. The molecule has 1 saturated carbocycles. The van der Waals surface area contributed by atoms with Crippen LogP contribution in [0.5, 0.6) is 0 Å². The summed E-state index contributed by atoms with van der Waals surface area (Å²) >= 11 is 0. The van der Waals surface area contributed by atoms with E-state index in [1.807, 2.05) is 0 Å². The molecule has 1 aliphatic carbocycles. The summed E-state index contributed by atoms with van der Waals surface area (Å²) in [5, 5.41) is 2.67. The molecule has 0 bridgehead atoms. The molecular weight excluding hydrogens is 182 g/mol. The van der Waals surface area contributed by atoms with Gasteiger partial charge in [-0.2, -0.15) is 0 Å². The molecule has 1 heteroatoms. The Morgan fingerprint density at radius 2 is 1.67 bits per heavy atom. The summed E-state index contributed by atoms with van der Waals surface area (Å²) in [5.74, 6) is 0.699. The summed E-state index contributed by atoms with van der Waals surface area (Å²) in [7, 11) is 0. The third kappa shape index (κ3) is 1.53. The van der Waals surface area contributed by atoms with E-state index in [2.05, 4.69) is 42.5 Å². The number of hydrogen-bond donors (Lipinski definition) is 1. The molecule has 0 radical (unpaired) electrons. The first-order chi connectivity index (χ1) is 7.33. The number of fused-ring (bicyclic) bond motifs is 1. The zero-order chi connectivity index (χ0) is 10.3. The van der Waals surface area contributed by atoms with Crippen molar-refractivity contribution in [2.24, 2.45) is 5.73 Å². The van der Waals surface area contributed by atoms with E-state index < -0.39 is 0 Å². The third-order valence-corrected chi connectivity index (χ3v) is 3.42. The van der Waals surface area contributed by atoms with Gasteiger partial charge in [-0.05, 0) is 35.1 Å². The monoisotopic (exact) mass is 197 g/mol. The van der Waals surface area contributed by atoms with E-state index >= 15 is 0 Å². The van der Waals surface area contributed by atoms with Crippen LogP contribution in [0.1, 0.15) is 24.3 Å². The number of nitrogens with two attached hydrogens (primary N) is 1. The Bertz CT molecular complexity index is 483. The van der Waals surface area contributed by atoms with E-state index in [1.165, 1.54) is 16.3 Å². The molecule has 0 aliphatic heterocycles. The molecule has 3 rings (SSSR count). The van der Waals surface area contributed by atoms with Crippen LogP contribution >= 0.6 is 0 Å². The summed E-state index contributed by atoms with van der Waals surface area (Å²) in [6.45, 7) is 0. The van der Waals surface area contributed by atoms with Crippen LogP contribution in [0.25, 0.3) is 10.8 Å². The van der Waals surface area contributed by atoms with Crippen molar-refractivity contribution in [3.8, 4) is 0 Å². The first kappa shape index (κ1) is 8.93. The molecule has 0 saturated heterocycles. The Hall–Kier alpha value is -1.34. The van der Waals surface area contributed by atoms with E-state index in [0.29, 0.717) is 12.0 Å². The average molecular weight is 197 g/mol. The van der Waals surface area contributed by atoms with Crippen LogP contribution in [0.4, 0.5) is 0 Å². The summed E-state index contributed by atoms with van der Waals surface area (Å²) in [5.41, 5.74) is 7.27. The maximum atomic E-state index is 5.82. The Labute approximate surface area is 89.9 Å². The van der Waals surface area contributed by atoms with E-state index in [1.54, 1.807) is 0 Å². The molecule has 2 aromatic carbocycles. The van der Waals surface area contributed by atoms with Crippen LogP contribution in [0.2, 0.25) is 0 Å². The highest BCUT2D eigenvalue weighted by atomic mass is 14.7. The lowest BCUT2D eigenvalue weighted by Crippen LogP contribution is -2.34. The van der Waals surface area contributed by atoms with Gasteiger partial charge < -0.3 is 5.73 Å². The highest BCUT2D eigenvalue weighted by Crippen LogP contribution is 2.36. The van der Waals surface area contributed by atoms with Gasteiger partial charge in [0.15, 0.2) is 0 Å². The fraction of sp³-hybridized carbons (Fsp3) is 0.286. The predicted octanol–water partition coefficient (Wildman–Crippen LogP) is 3.04. The second-order valence-electron chi connectivity index (χ2n) is 4.53. The van der Waals surface area contributed by atoms with Gasteiger partial charge in [0, 0.05) is 6.04 Å². The van der Waals surface area contributed by atoms with Gasteiger partial charge in [-0.3, -0.25) is 0 Å². The van der Waals surface area contributed by atoms with Crippen LogP contribution in [0.15, 0.2) is 42.5 Å². The molecular formula is C14H15N. The van der Waals surface area contributed by atoms with Crippen molar-refractivity contribution in [3.05, 3.63) is 48.0 Å². The lowest BCUT2D eigenvalue weighted by Gasteiger charge is -2.32. The van der Waals surface area contributed by atoms with E-state index in [0.717, 1.165) is 12.8 Å². The first-order valence-electron chi connectivity index (χ1n) is 5.57. The van der Waals surface area contributed by atoms with Crippen molar-refractivity contribution in [3.63, 3.8) is 0 Å². The second kappa shape index (κ2) is 3.35. The normalized spacial score (nSPS) is 25.1. The topological polar surface area (TPSA) is 26.0 Å². The molecule has 1 aliphatic rings. The molecule has 0 unspecified atom stereocenters. The molecule has 0 amide bonds. The number of hydrogen-bond acceptors (Lipinski definition) is 1. The Morgan fingerprint density at radius 1 is 0.933 bits per heavy atom. The van der Waals surface area contributed by atoms with Crippen molar-refractivity contribution in [1.29, 1.82) is 0 Å². The zero-order valence-corrected chi connectivity index (χ0v) is 8.69. The first-order valence-corrected chi connectivity index (χ1v) is 5.57. The van der Waals surface area contributed by atoms with E-state index in [4.69, 9.17) is 5.73 Å². The van der Waals surface area contributed by atoms with Crippen molar-refractivity contribution in [1.82, 2.24) is 0 Å². The molecule has 1 fully saturated rings. The Balaban J connectivity index is 1.99. The lowest BCUT2D eigenvalue weighted by atomic mass is 9.76. The Morgan fingerprint density at radius 3 is 2.40 bits per heavy atom. The lowest BCUT2D eigenvalue weighted by molar-refractivity contribution is 0.352. The summed E-state index contributed by atoms with van der Waals surface area (Å²) in [6.07, 6.45) is 2.30. The zero-order valence-electron chi connectivity index (χ0n) is 8.69. The molecule has 1 nitrogen and oxygen atoms in total. The van der Waals surface area contributed by atoms with Crippen LogP contribution < -0.4 is 5.73 Å². The average Bonchev–Trinajstić information content (AvgIpc) is 2.24. The molecule has 2 N–H and O–H groups in total. The fourth-order valence-corrected chi connectivity index (χ4v) is 2.40. The van der Waals surface area contributed by atoms with Gasteiger partial charge in [0.1, 0.15) is 0 Å². The molecule has 15 heavy (non-hydrogen) atoms. The molecule has 0 spiro atoms. The summed E-state index contributed by atoms with van der Waals surface area (Å²) in [4.78, 5) is 0. The molecule has 76 valence electrons. The van der Waals surface area contributed by atoms with Gasteiger partial charge in [0.05, 0.1) is 0 Å². The van der Waals surface area contributed by atoms with Gasteiger partial charge in [-0.1, -0.05) is 42.5 Å².